The normalized spacial score (nSPS) is 10.1. The van der Waals surface area contributed by atoms with Gasteiger partial charge in [-0.1, -0.05) is 12.1 Å². The van der Waals surface area contributed by atoms with Crippen molar-refractivity contribution in [2.75, 3.05) is 5.43 Å². The summed E-state index contributed by atoms with van der Waals surface area (Å²) in [6, 6.07) is 8.55. The largest absolute Gasteiger partial charge is 0.446 e. The van der Waals surface area contributed by atoms with Gasteiger partial charge in [0.05, 0.1) is 5.69 Å². The van der Waals surface area contributed by atoms with E-state index in [-0.39, 0.29) is 22.3 Å². The summed E-state index contributed by atoms with van der Waals surface area (Å²) >= 11 is -0.303. The number of hydrogen-bond donors (Lipinski definition) is 1. The number of benzene rings is 1. The molecule has 1 rings (SSSR count). The lowest BCUT2D eigenvalue weighted by atomic mass is 10.3. The van der Waals surface area contributed by atoms with Gasteiger partial charge in [0.25, 0.3) is 0 Å². The van der Waals surface area contributed by atoms with Crippen molar-refractivity contribution >= 4 is 23.2 Å². The summed E-state index contributed by atoms with van der Waals surface area (Å²) < 4.78 is 36.7. The van der Waals surface area contributed by atoms with Crippen LogP contribution in [-0.2, 0) is 0 Å². The topological polar surface area (TPSA) is 72.0 Å². The SMILES string of the molecule is N#CC(C#N)=NNc1ccccc1SC(F)(F)F. The number of hydrazone groups is 1. The van der Waals surface area contributed by atoms with Gasteiger partial charge < -0.3 is 0 Å². The lowest BCUT2D eigenvalue weighted by Crippen LogP contribution is -2.02. The maximum Gasteiger partial charge on any atom is 0.446 e. The van der Waals surface area contributed by atoms with Crippen LogP contribution in [0.4, 0.5) is 18.9 Å². The molecule has 0 bridgehead atoms. The molecule has 0 saturated carbocycles. The summed E-state index contributed by atoms with van der Waals surface area (Å²) in [5.41, 5.74) is -2.56. The molecule has 0 radical (unpaired) electrons. The van der Waals surface area contributed by atoms with E-state index in [9.17, 15) is 13.2 Å². The second-order valence-corrected chi connectivity index (χ2v) is 3.95. The molecule has 18 heavy (non-hydrogen) atoms. The first kappa shape index (κ1) is 13.9. The number of halogens is 3. The molecule has 92 valence electrons. The third-order valence-electron chi connectivity index (χ3n) is 1.61. The molecule has 0 fully saturated rings. The molecular formula is C10H5F3N4S. The first-order chi connectivity index (χ1) is 8.46. The maximum atomic E-state index is 12.2. The van der Waals surface area contributed by atoms with Crippen molar-refractivity contribution < 1.29 is 13.2 Å². The minimum absolute atomic E-state index is 0.0721. The average Bonchev–Trinajstić information content (AvgIpc) is 2.30. The van der Waals surface area contributed by atoms with Crippen LogP contribution in [0.15, 0.2) is 34.3 Å². The van der Waals surface area contributed by atoms with Gasteiger partial charge in [0, 0.05) is 4.90 Å². The zero-order valence-electron chi connectivity index (χ0n) is 8.69. The Morgan fingerprint density at radius 2 is 1.83 bits per heavy atom. The number of alkyl halides is 3. The van der Waals surface area contributed by atoms with Crippen LogP contribution in [0.3, 0.4) is 0 Å². The van der Waals surface area contributed by atoms with E-state index >= 15 is 0 Å². The third-order valence-corrected chi connectivity index (χ3v) is 2.42. The first-order valence-corrected chi connectivity index (χ1v) is 5.26. The molecule has 0 aromatic heterocycles. The highest BCUT2D eigenvalue weighted by Crippen LogP contribution is 2.40. The Morgan fingerprint density at radius 3 is 2.39 bits per heavy atom. The molecule has 0 spiro atoms. The Bertz CT molecular complexity index is 523. The van der Waals surface area contributed by atoms with Crippen LogP contribution in [0.2, 0.25) is 0 Å². The molecule has 0 aliphatic heterocycles. The summed E-state index contributed by atoms with van der Waals surface area (Å²) in [4.78, 5) is -0.0935. The first-order valence-electron chi connectivity index (χ1n) is 4.45. The van der Waals surface area contributed by atoms with Crippen molar-refractivity contribution in [3.63, 3.8) is 0 Å². The van der Waals surface area contributed by atoms with E-state index in [1.54, 1.807) is 0 Å². The Balaban J connectivity index is 2.94. The van der Waals surface area contributed by atoms with E-state index in [0.717, 1.165) is 0 Å². The number of nitrogens with one attached hydrogen (secondary N) is 1. The van der Waals surface area contributed by atoms with Crippen molar-refractivity contribution in [2.24, 2.45) is 5.10 Å². The molecule has 0 unspecified atom stereocenters. The summed E-state index contributed by atoms with van der Waals surface area (Å²) in [7, 11) is 0. The molecule has 4 nitrogen and oxygen atoms in total. The van der Waals surface area contributed by atoms with E-state index in [2.05, 4.69) is 10.5 Å². The second-order valence-electron chi connectivity index (χ2n) is 2.84. The Labute approximate surface area is 105 Å². The van der Waals surface area contributed by atoms with E-state index in [0.29, 0.717) is 0 Å². The van der Waals surface area contributed by atoms with Gasteiger partial charge in [0.2, 0.25) is 5.71 Å². The van der Waals surface area contributed by atoms with E-state index in [1.165, 1.54) is 36.4 Å². The number of para-hydroxylation sites is 1. The lowest BCUT2D eigenvalue weighted by Gasteiger charge is -2.09. The third kappa shape index (κ3) is 4.36. The lowest BCUT2D eigenvalue weighted by molar-refractivity contribution is -0.0327. The standard InChI is InChI=1S/C10H5F3N4S/c11-10(12,13)18-9-4-2-1-3-8(9)17-16-7(5-14)6-15/h1-4,17H. The summed E-state index contributed by atoms with van der Waals surface area (Å²) in [6.07, 6.45) is 0. The molecule has 0 atom stereocenters. The van der Waals surface area contributed by atoms with Gasteiger partial charge in [-0.25, -0.2) is 0 Å². The molecule has 1 aromatic rings. The molecular weight excluding hydrogens is 265 g/mol. The number of anilines is 1. The van der Waals surface area contributed by atoms with Crippen LogP contribution in [0.1, 0.15) is 0 Å². The molecule has 0 aliphatic rings. The molecule has 8 heteroatoms. The van der Waals surface area contributed by atoms with Gasteiger partial charge >= 0.3 is 5.51 Å². The van der Waals surface area contributed by atoms with Crippen LogP contribution < -0.4 is 5.43 Å². The highest BCUT2D eigenvalue weighted by Gasteiger charge is 2.30. The predicted molar refractivity (Wildman–Crippen MR) is 60.6 cm³/mol. The van der Waals surface area contributed by atoms with Crippen LogP contribution in [0, 0.1) is 22.7 Å². The van der Waals surface area contributed by atoms with Gasteiger partial charge in [0.1, 0.15) is 12.1 Å². The molecule has 1 aromatic carbocycles. The average molecular weight is 270 g/mol. The van der Waals surface area contributed by atoms with Gasteiger partial charge in [0.15, 0.2) is 0 Å². The zero-order valence-corrected chi connectivity index (χ0v) is 9.51. The van der Waals surface area contributed by atoms with Crippen molar-refractivity contribution in [3.8, 4) is 12.1 Å². The van der Waals surface area contributed by atoms with Crippen LogP contribution >= 0.6 is 11.8 Å². The highest BCUT2D eigenvalue weighted by molar-refractivity contribution is 8.00. The van der Waals surface area contributed by atoms with E-state index in [4.69, 9.17) is 10.5 Å². The Kier molecular flexibility index (Phi) is 4.58. The van der Waals surface area contributed by atoms with E-state index in [1.807, 2.05) is 0 Å². The van der Waals surface area contributed by atoms with Crippen molar-refractivity contribution in [1.29, 1.82) is 10.5 Å². The number of nitriles is 2. The van der Waals surface area contributed by atoms with Gasteiger partial charge in [-0.3, -0.25) is 5.43 Å². The van der Waals surface area contributed by atoms with Gasteiger partial charge in [-0.05, 0) is 23.9 Å². The molecule has 1 N–H and O–H groups in total. The van der Waals surface area contributed by atoms with Crippen molar-refractivity contribution in [2.45, 2.75) is 10.4 Å². The van der Waals surface area contributed by atoms with Crippen molar-refractivity contribution in [3.05, 3.63) is 24.3 Å². The Morgan fingerprint density at radius 1 is 1.22 bits per heavy atom. The maximum absolute atomic E-state index is 12.2. The van der Waals surface area contributed by atoms with Crippen LogP contribution in [-0.4, -0.2) is 11.2 Å². The minimum atomic E-state index is -4.42. The van der Waals surface area contributed by atoms with E-state index < -0.39 is 11.2 Å². The fourth-order valence-electron chi connectivity index (χ4n) is 0.964. The molecule has 0 saturated heterocycles. The highest BCUT2D eigenvalue weighted by atomic mass is 32.2. The monoisotopic (exact) mass is 270 g/mol. The van der Waals surface area contributed by atoms with Crippen LogP contribution in [0.5, 0.6) is 0 Å². The summed E-state index contributed by atoms with van der Waals surface area (Å²) in [6.45, 7) is 0. The molecule has 0 aliphatic carbocycles. The number of hydrogen-bond acceptors (Lipinski definition) is 5. The number of thioether (sulfide) groups is 1. The Hall–Kier alpha value is -2.19. The minimum Gasteiger partial charge on any atom is -0.275 e. The van der Waals surface area contributed by atoms with Gasteiger partial charge in [-0.2, -0.15) is 28.8 Å². The molecule has 0 heterocycles. The van der Waals surface area contributed by atoms with Gasteiger partial charge in [-0.15, -0.1) is 0 Å². The number of nitrogens with zero attached hydrogens (tertiary/aromatic N) is 3. The quantitative estimate of drug-likeness (QED) is 0.520. The summed E-state index contributed by atoms with van der Waals surface area (Å²) in [5, 5.41) is 20.2. The number of rotatable bonds is 3. The smallest absolute Gasteiger partial charge is 0.275 e. The van der Waals surface area contributed by atoms with Crippen LogP contribution in [0.25, 0.3) is 0 Å². The zero-order chi connectivity index (χ0) is 13.6. The predicted octanol–water partition coefficient (Wildman–Crippen LogP) is 3.11. The molecule has 0 amide bonds. The van der Waals surface area contributed by atoms with Crippen molar-refractivity contribution in [1.82, 2.24) is 0 Å². The summed E-state index contributed by atoms with van der Waals surface area (Å²) in [5.74, 6) is 0. The fraction of sp³-hybridized carbons (Fsp3) is 0.100. The fourth-order valence-corrected chi connectivity index (χ4v) is 1.58. The second kappa shape index (κ2) is 5.94.